The molecule has 1 aromatic rings. The molecule has 0 saturated carbocycles. The minimum Gasteiger partial charge on any atom is -0.469 e. The summed E-state index contributed by atoms with van der Waals surface area (Å²) >= 11 is 0. The van der Waals surface area contributed by atoms with Gasteiger partial charge in [0.25, 0.3) is 0 Å². The van der Waals surface area contributed by atoms with E-state index in [2.05, 4.69) is 4.74 Å². The Balaban J connectivity index is 1.99. The molecule has 1 saturated heterocycles. The summed E-state index contributed by atoms with van der Waals surface area (Å²) in [5.41, 5.74) is 1.82. The Kier molecular flexibility index (Phi) is 4.16. The van der Waals surface area contributed by atoms with Gasteiger partial charge in [-0.05, 0) is 11.1 Å². The Morgan fingerprint density at radius 3 is 2.58 bits per heavy atom. The van der Waals surface area contributed by atoms with Gasteiger partial charge >= 0.3 is 5.97 Å². The summed E-state index contributed by atoms with van der Waals surface area (Å²) in [4.78, 5) is 24.9. The lowest BCUT2D eigenvalue weighted by Crippen LogP contribution is -2.26. The van der Waals surface area contributed by atoms with Crippen LogP contribution in [-0.2, 0) is 27.5 Å². The minimum absolute atomic E-state index is 0.00728. The number of rotatable bonds is 4. The summed E-state index contributed by atoms with van der Waals surface area (Å²) in [6, 6.07) is 7.41. The maximum absolute atomic E-state index is 11.8. The van der Waals surface area contributed by atoms with Crippen molar-refractivity contribution in [2.24, 2.45) is 5.92 Å². The average molecular weight is 263 g/mol. The van der Waals surface area contributed by atoms with Crippen molar-refractivity contribution in [2.75, 3.05) is 13.7 Å². The maximum atomic E-state index is 11.8. The predicted octanol–water partition coefficient (Wildman–Crippen LogP) is 0.700. The third-order valence-electron chi connectivity index (χ3n) is 3.33. The molecule has 1 aliphatic heterocycles. The zero-order valence-corrected chi connectivity index (χ0v) is 10.8. The molecule has 5 heteroatoms. The Labute approximate surface area is 111 Å². The van der Waals surface area contributed by atoms with E-state index in [0.29, 0.717) is 13.1 Å². The van der Waals surface area contributed by atoms with E-state index >= 15 is 0 Å². The van der Waals surface area contributed by atoms with E-state index in [9.17, 15) is 9.59 Å². The smallest absolute Gasteiger partial charge is 0.310 e. The third kappa shape index (κ3) is 3.12. The molecule has 0 bridgehead atoms. The van der Waals surface area contributed by atoms with Crippen LogP contribution in [0.15, 0.2) is 24.3 Å². The van der Waals surface area contributed by atoms with Crippen LogP contribution in [-0.4, -0.2) is 35.5 Å². The highest BCUT2D eigenvalue weighted by Crippen LogP contribution is 2.21. The molecule has 0 aliphatic carbocycles. The number of methoxy groups -OCH3 is 1. The van der Waals surface area contributed by atoms with Gasteiger partial charge in [0.1, 0.15) is 0 Å². The van der Waals surface area contributed by atoms with Crippen LogP contribution < -0.4 is 0 Å². The van der Waals surface area contributed by atoms with Crippen molar-refractivity contribution in [1.29, 1.82) is 0 Å². The number of ether oxygens (including phenoxy) is 1. The molecule has 0 spiro atoms. The number of aliphatic hydroxyl groups excluding tert-OH is 1. The lowest BCUT2D eigenvalue weighted by atomic mass is 10.1. The number of amides is 1. The van der Waals surface area contributed by atoms with Crippen molar-refractivity contribution in [3.8, 4) is 0 Å². The van der Waals surface area contributed by atoms with E-state index in [1.54, 1.807) is 4.90 Å². The highest BCUT2D eigenvalue weighted by Gasteiger charge is 2.34. The summed E-state index contributed by atoms with van der Waals surface area (Å²) < 4.78 is 4.67. The van der Waals surface area contributed by atoms with E-state index in [0.717, 1.165) is 11.1 Å². The maximum Gasteiger partial charge on any atom is 0.310 e. The molecule has 0 radical (unpaired) electrons. The van der Waals surface area contributed by atoms with Crippen molar-refractivity contribution in [3.63, 3.8) is 0 Å². The number of hydrogen-bond acceptors (Lipinski definition) is 4. The van der Waals surface area contributed by atoms with E-state index in [4.69, 9.17) is 5.11 Å². The number of aliphatic hydroxyl groups is 1. The van der Waals surface area contributed by atoms with Crippen LogP contribution in [0.3, 0.4) is 0 Å². The molecule has 2 rings (SSSR count). The van der Waals surface area contributed by atoms with E-state index in [1.807, 2.05) is 24.3 Å². The lowest BCUT2D eigenvalue weighted by Gasteiger charge is -2.16. The molecular formula is C14H17NO4. The SMILES string of the molecule is COC(=O)C1CC(=O)N(Cc2ccc(CO)cc2)C1. The Morgan fingerprint density at radius 1 is 1.37 bits per heavy atom. The van der Waals surface area contributed by atoms with Gasteiger partial charge in [0.2, 0.25) is 5.91 Å². The van der Waals surface area contributed by atoms with Gasteiger partial charge in [0.15, 0.2) is 0 Å². The molecule has 1 N–H and O–H groups in total. The molecule has 19 heavy (non-hydrogen) atoms. The molecule has 1 fully saturated rings. The summed E-state index contributed by atoms with van der Waals surface area (Å²) in [5, 5.41) is 8.96. The fourth-order valence-electron chi connectivity index (χ4n) is 2.22. The molecule has 1 aromatic carbocycles. The monoisotopic (exact) mass is 263 g/mol. The van der Waals surface area contributed by atoms with Crippen molar-refractivity contribution in [3.05, 3.63) is 35.4 Å². The highest BCUT2D eigenvalue weighted by molar-refractivity contribution is 5.86. The van der Waals surface area contributed by atoms with Crippen LogP contribution in [0.25, 0.3) is 0 Å². The van der Waals surface area contributed by atoms with E-state index in [1.165, 1.54) is 7.11 Å². The van der Waals surface area contributed by atoms with Crippen LogP contribution in [0.4, 0.5) is 0 Å². The Bertz CT molecular complexity index is 469. The number of benzene rings is 1. The number of likely N-dealkylation sites (tertiary alicyclic amines) is 1. The second-order valence-corrected chi connectivity index (χ2v) is 4.67. The molecule has 5 nitrogen and oxygen atoms in total. The Hall–Kier alpha value is -1.88. The first-order chi connectivity index (χ1) is 9.13. The average Bonchev–Trinajstić information content (AvgIpc) is 2.80. The molecule has 0 aromatic heterocycles. The van der Waals surface area contributed by atoms with Crippen molar-refractivity contribution < 1.29 is 19.4 Å². The molecule has 1 unspecified atom stereocenters. The molecule has 1 heterocycles. The number of esters is 1. The second-order valence-electron chi connectivity index (χ2n) is 4.67. The van der Waals surface area contributed by atoms with Gasteiger partial charge in [-0.2, -0.15) is 0 Å². The topological polar surface area (TPSA) is 66.8 Å². The van der Waals surface area contributed by atoms with Crippen LogP contribution in [0.1, 0.15) is 17.5 Å². The van der Waals surface area contributed by atoms with Gasteiger partial charge in [-0.1, -0.05) is 24.3 Å². The molecule has 1 aliphatic rings. The number of carbonyl (C=O) groups is 2. The standard InChI is InChI=1S/C14H17NO4/c1-19-14(18)12-6-13(17)15(8-12)7-10-2-4-11(9-16)5-3-10/h2-5,12,16H,6-9H2,1H3. The lowest BCUT2D eigenvalue weighted by molar-refractivity contribution is -0.145. The van der Waals surface area contributed by atoms with Gasteiger partial charge in [-0.25, -0.2) is 0 Å². The first kappa shape index (κ1) is 13.5. The van der Waals surface area contributed by atoms with Crippen LogP contribution in [0.5, 0.6) is 0 Å². The quantitative estimate of drug-likeness (QED) is 0.812. The van der Waals surface area contributed by atoms with Crippen molar-refractivity contribution in [1.82, 2.24) is 4.90 Å². The first-order valence-corrected chi connectivity index (χ1v) is 6.18. The first-order valence-electron chi connectivity index (χ1n) is 6.18. The zero-order chi connectivity index (χ0) is 13.8. The van der Waals surface area contributed by atoms with Gasteiger partial charge in [-0.3, -0.25) is 9.59 Å². The number of nitrogens with zero attached hydrogens (tertiary/aromatic N) is 1. The summed E-state index contributed by atoms with van der Waals surface area (Å²) in [5.74, 6) is -0.706. The number of carbonyl (C=O) groups excluding carboxylic acids is 2. The highest BCUT2D eigenvalue weighted by atomic mass is 16.5. The van der Waals surface area contributed by atoms with Crippen molar-refractivity contribution >= 4 is 11.9 Å². The fraction of sp³-hybridized carbons (Fsp3) is 0.429. The molecular weight excluding hydrogens is 246 g/mol. The zero-order valence-electron chi connectivity index (χ0n) is 10.8. The fourth-order valence-corrected chi connectivity index (χ4v) is 2.22. The van der Waals surface area contributed by atoms with Gasteiger partial charge < -0.3 is 14.7 Å². The van der Waals surface area contributed by atoms with Crippen LogP contribution in [0.2, 0.25) is 0 Å². The van der Waals surface area contributed by atoms with E-state index < -0.39 is 0 Å². The minimum atomic E-state index is -0.353. The normalized spacial score (nSPS) is 18.7. The van der Waals surface area contributed by atoms with Crippen molar-refractivity contribution in [2.45, 2.75) is 19.6 Å². The molecule has 102 valence electrons. The van der Waals surface area contributed by atoms with Crippen LogP contribution >= 0.6 is 0 Å². The summed E-state index contributed by atoms with van der Waals surface area (Å²) in [7, 11) is 1.34. The second kappa shape index (κ2) is 5.84. The van der Waals surface area contributed by atoms with Gasteiger partial charge in [-0.15, -0.1) is 0 Å². The van der Waals surface area contributed by atoms with Crippen LogP contribution in [0, 0.1) is 5.92 Å². The van der Waals surface area contributed by atoms with Gasteiger partial charge in [0, 0.05) is 19.5 Å². The predicted molar refractivity (Wildman–Crippen MR) is 67.9 cm³/mol. The Morgan fingerprint density at radius 2 is 2.00 bits per heavy atom. The summed E-state index contributed by atoms with van der Waals surface area (Å²) in [6.45, 7) is 0.901. The third-order valence-corrected chi connectivity index (χ3v) is 3.33. The molecule has 1 amide bonds. The largest absolute Gasteiger partial charge is 0.469 e. The van der Waals surface area contributed by atoms with E-state index in [-0.39, 0.29) is 30.8 Å². The summed E-state index contributed by atoms with van der Waals surface area (Å²) in [6.07, 6.45) is 0.224. The van der Waals surface area contributed by atoms with Gasteiger partial charge in [0.05, 0.1) is 19.6 Å². The molecule has 1 atom stereocenters. The number of hydrogen-bond donors (Lipinski definition) is 1.